The molecule has 154 valence electrons. The van der Waals surface area contributed by atoms with Crippen LogP contribution in [0.15, 0.2) is 41.4 Å². The number of anilines is 2. The monoisotopic (exact) mass is 396 g/mol. The fraction of sp³-hybridized carbons (Fsp3) is 0.391. The molecule has 2 N–H and O–H groups in total. The number of fused-ring (bicyclic) bond motifs is 1. The Morgan fingerprint density at radius 1 is 1.24 bits per heavy atom. The minimum atomic E-state index is -0.502. The Morgan fingerprint density at radius 3 is 2.69 bits per heavy atom. The van der Waals surface area contributed by atoms with Crippen molar-refractivity contribution in [2.75, 3.05) is 30.3 Å². The highest BCUT2D eigenvalue weighted by atomic mass is 19.1. The number of nitrogens with one attached hydrogen (secondary N) is 2. The molecule has 0 spiro atoms. The van der Waals surface area contributed by atoms with Crippen molar-refractivity contribution < 1.29 is 9.18 Å². The fourth-order valence-corrected chi connectivity index (χ4v) is 3.64. The number of amides is 1. The summed E-state index contributed by atoms with van der Waals surface area (Å²) in [6.07, 6.45) is 1.63. The summed E-state index contributed by atoms with van der Waals surface area (Å²) in [5, 5.41) is 6.27. The van der Waals surface area contributed by atoms with Crippen LogP contribution in [-0.2, 0) is 4.79 Å². The Labute approximate surface area is 172 Å². The molecule has 0 radical (unpaired) electrons. The summed E-state index contributed by atoms with van der Waals surface area (Å²) in [5.41, 5.74) is 4.24. The van der Waals surface area contributed by atoms with Gasteiger partial charge in [-0.25, -0.2) is 4.39 Å². The van der Waals surface area contributed by atoms with Crippen molar-refractivity contribution in [2.45, 2.75) is 39.7 Å². The molecule has 2 unspecified atom stereocenters. The van der Waals surface area contributed by atoms with Crippen LogP contribution >= 0.6 is 0 Å². The quantitative estimate of drug-likeness (QED) is 0.635. The van der Waals surface area contributed by atoms with E-state index in [0.717, 1.165) is 42.1 Å². The van der Waals surface area contributed by atoms with Gasteiger partial charge in [0.25, 0.3) is 0 Å². The van der Waals surface area contributed by atoms with Gasteiger partial charge in [0.2, 0.25) is 5.91 Å². The molecular weight excluding hydrogens is 367 g/mol. The lowest BCUT2D eigenvalue weighted by Gasteiger charge is -2.24. The highest BCUT2D eigenvalue weighted by molar-refractivity contribution is 6.12. The number of aryl methyl sites for hydroxylation is 1. The Kier molecular flexibility index (Phi) is 6.64. The van der Waals surface area contributed by atoms with Crippen LogP contribution in [0.25, 0.3) is 0 Å². The molecule has 2 aromatic rings. The first kappa shape index (κ1) is 21.0. The van der Waals surface area contributed by atoms with Gasteiger partial charge in [0, 0.05) is 30.2 Å². The third-order valence-corrected chi connectivity index (χ3v) is 5.30. The van der Waals surface area contributed by atoms with Crippen LogP contribution in [-0.4, -0.2) is 42.7 Å². The van der Waals surface area contributed by atoms with E-state index in [0.29, 0.717) is 11.7 Å². The Balaban J connectivity index is 1.69. The SMILES string of the molecule is CCN(CC)CC(C)Nc1ccc(N=CC2C(=O)Nc3cc(F)ccc32)cc1C. The molecule has 2 aromatic carbocycles. The molecule has 29 heavy (non-hydrogen) atoms. The van der Waals surface area contributed by atoms with Crippen LogP contribution in [0.1, 0.15) is 37.8 Å². The van der Waals surface area contributed by atoms with Gasteiger partial charge in [-0.15, -0.1) is 0 Å². The lowest BCUT2D eigenvalue weighted by atomic mass is 10.0. The van der Waals surface area contributed by atoms with E-state index in [1.807, 2.05) is 25.1 Å². The first-order valence-electron chi connectivity index (χ1n) is 10.1. The number of benzene rings is 2. The smallest absolute Gasteiger partial charge is 0.237 e. The van der Waals surface area contributed by atoms with E-state index >= 15 is 0 Å². The van der Waals surface area contributed by atoms with E-state index in [1.54, 1.807) is 12.3 Å². The molecule has 6 heteroatoms. The molecule has 0 aromatic heterocycles. The number of aliphatic imine (C=N–C) groups is 1. The van der Waals surface area contributed by atoms with Crippen molar-refractivity contribution in [3.8, 4) is 0 Å². The fourth-order valence-electron chi connectivity index (χ4n) is 3.64. The third-order valence-electron chi connectivity index (χ3n) is 5.30. The predicted octanol–water partition coefficient (Wildman–Crippen LogP) is 4.71. The number of nitrogens with zero attached hydrogens (tertiary/aromatic N) is 2. The summed E-state index contributed by atoms with van der Waals surface area (Å²) < 4.78 is 13.4. The van der Waals surface area contributed by atoms with Gasteiger partial charge in [-0.1, -0.05) is 19.9 Å². The van der Waals surface area contributed by atoms with Crippen molar-refractivity contribution in [1.29, 1.82) is 0 Å². The third kappa shape index (κ3) is 5.01. The summed E-state index contributed by atoms with van der Waals surface area (Å²) in [6.45, 7) is 11.7. The second-order valence-corrected chi connectivity index (χ2v) is 7.51. The first-order chi connectivity index (χ1) is 13.9. The molecule has 5 nitrogen and oxygen atoms in total. The molecule has 0 bridgehead atoms. The topological polar surface area (TPSA) is 56.7 Å². The maximum absolute atomic E-state index is 13.4. The number of carbonyl (C=O) groups excluding carboxylic acids is 1. The van der Waals surface area contributed by atoms with Crippen LogP contribution in [0.3, 0.4) is 0 Å². The number of likely N-dealkylation sites (N-methyl/N-ethyl adjacent to an activating group) is 1. The zero-order valence-corrected chi connectivity index (χ0v) is 17.5. The van der Waals surface area contributed by atoms with Crippen molar-refractivity contribution in [1.82, 2.24) is 4.90 Å². The van der Waals surface area contributed by atoms with Gasteiger partial charge in [0.1, 0.15) is 11.7 Å². The molecule has 0 fully saturated rings. The zero-order chi connectivity index (χ0) is 21.0. The predicted molar refractivity (Wildman–Crippen MR) is 118 cm³/mol. The van der Waals surface area contributed by atoms with Crippen LogP contribution in [0, 0.1) is 12.7 Å². The molecule has 1 aliphatic rings. The number of hydrogen-bond acceptors (Lipinski definition) is 4. The van der Waals surface area contributed by atoms with Crippen molar-refractivity contribution in [2.24, 2.45) is 4.99 Å². The maximum Gasteiger partial charge on any atom is 0.237 e. The van der Waals surface area contributed by atoms with Crippen LogP contribution in [0.2, 0.25) is 0 Å². The molecule has 1 amide bonds. The van der Waals surface area contributed by atoms with Crippen molar-refractivity contribution >= 4 is 29.2 Å². The summed E-state index contributed by atoms with van der Waals surface area (Å²) in [7, 11) is 0. The average molecular weight is 397 g/mol. The van der Waals surface area contributed by atoms with E-state index in [2.05, 4.69) is 41.3 Å². The Hall–Kier alpha value is -2.73. The zero-order valence-electron chi connectivity index (χ0n) is 17.5. The minimum Gasteiger partial charge on any atom is -0.381 e. The van der Waals surface area contributed by atoms with Gasteiger partial charge >= 0.3 is 0 Å². The Morgan fingerprint density at radius 2 is 2.00 bits per heavy atom. The molecular formula is C23H29FN4O. The van der Waals surface area contributed by atoms with E-state index in [9.17, 15) is 9.18 Å². The van der Waals surface area contributed by atoms with Crippen LogP contribution in [0.4, 0.5) is 21.5 Å². The van der Waals surface area contributed by atoms with Gasteiger partial charge in [-0.3, -0.25) is 9.79 Å². The molecule has 2 atom stereocenters. The normalized spacial score (nSPS) is 16.9. The molecule has 0 aliphatic carbocycles. The van der Waals surface area contributed by atoms with E-state index in [4.69, 9.17) is 0 Å². The van der Waals surface area contributed by atoms with Crippen LogP contribution < -0.4 is 10.6 Å². The molecule has 1 aliphatic heterocycles. The van der Waals surface area contributed by atoms with E-state index < -0.39 is 5.92 Å². The van der Waals surface area contributed by atoms with Gasteiger partial charge < -0.3 is 15.5 Å². The van der Waals surface area contributed by atoms with E-state index in [1.165, 1.54) is 12.1 Å². The largest absolute Gasteiger partial charge is 0.381 e. The highest BCUT2D eigenvalue weighted by Crippen LogP contribution is 2.32. The van der Waals surface area contributed by atoms with Crippen LogP contribution in [0.5, 0.6) is 0 Å². The molecule has 0 saturated heterocycles. The summed E-state index contributed by atoms with van der Waals surface area (Å²) >= 11 is 0. The van der Waals surface area contributed by atoms with Gasteiger partial charge in [0.05, 0.1) is 5.69 Å². The Bertz CT molecular complexity index is 908. The van der Waals surface area contributed by atoms with Gasteiger partial charge in [0.15, 0.2) is 0 Å². The number of hydrogen-bond donors (Lipinski definition) is 2. The summed E-state index contributed by atoms with van der Waals surface area (Å²) in [4.78, 5) is 19.1. The molecule has 3 rings (SSSR count). The molecule has 1 heterocycles. The second kappa shape index (κ2) is 9.18. The minimum absolute atomic E-state index is 0.186. The molecule has 0 saturated carbocycles. The second-order valence-electron chi connectivity index (χ2n) is 7.51. The standard InChI is InChI=1S/C23H29FN4O/c1-5-28(6-2)14-16(4)26-21-10-8-18(11-15(21)3)25-13-20-19-9-7-17(24)12-22(19)27-23(20)29/h7-13,16,20,26H,5-6,14H2,1-4H3,(H,27,29). The number of halogens is 1. The maximum atomic E-state index is 13.4. The highest BCUT2D eigenvalue weighted by Gasteiger charge is 2.29. The summed E-state index contributed by atoms with van der Waals surface area (Å²) in [6, 6.07) is 10.6. The van der Waals surface area contributed by atoms with Crippen molar-refractivity contribution in [3.05, 3.63) is 53.3 Å². The van der Waals surface area contributed by atoms with Gasteiger partial charge in [-0.05, 0) is 68.4 Å². The average Bonchev–Trinajstić information content (AvgIpc) is 3.00. The lowest BCUT2D eigenvalue weighted by Crippen LogP contribution is -2.34. The first-order valence-corrected chi connectivity index (χ1v) is 10.1. The van der Waals surface area contributed by atoms with E-state index in [-0.39, 0.29) is 11.7 Å². The summed E-state index contributed by atoms with van der Waals surface area (Å²) in [5.74, 6) is -1.05. The number of carbonyl (C=O) groups is 1. The lowest BCUT2D eigenvalue weighted by molar-refractivity contribution is -0.115. The number of rotatable bonds is 8. The van der Waals surface area contributed by atoms with Crippen molar-refractivity contribution in [3.63, 3.8) is 0 Å². The van der Waals surface area contributed by atoms with Gasteiger partial charge in [-0.2, -0.15) is 0 Å².